The van der Waals surface area contributed by atoms with Crippen LogP contribution >= 0.6 is 11.6 Å². The number of aryl methyl sites for hydroxylation is 1. The Kier molecular flexibility index (Phi) is 6.36. The van der Waals surface area contributed by atoms with Crippen LogP contribution in [0.2, 0.25) is 5.02 Å². The van der Waals surface area contributed by atoms with E-state index in [1.165, 1.54) is 0 Å². The Labute approximate surface area is 186 Å². The van der Waals surface area contributed by atoms with Crippen molar-refractivity contribution in [3.63, 3.8) is 0 Å². The summed E-state index contributed by atoms with van der Waals surface area (Å²) in [5, 5.41) is 13.6. The third-order valence-corrected chi connectivity index (χ3v) is 5.80. The molecule has 0 aliphatic heterocycles. The number of nitrogens with one attached hydrogen (secondary N) is 1. The van der Waals surface area contributed by atoms with Gasteiger partial charge in [0.2, 0.25) is 5.95 Å². The van der Waals surface area contributed by atoms with Gasteiger partial charge in [0.15, 0.2) is 0 Å². The zero-order chi connectivity index (χ0) is 21.8. The highest BCUT2D eigenvalue weighted by atomic mass is 35.5. The van der Waals surface area contributed by atoms with Crippen molar-refractivity contribution in [2.24, 2.45) is 0 Å². The quantitative estimate of drug-likeness (QED) is 0.508. The molecule has 0 radical (unpaired) electrons. The van der Waals surface area contributed by atoms with Gasteiger partial charge in [0, 0.05) is 41.2 Å². The molecule has 7 nitrogen and oxygen atoms in total. The summed E-state index contributed by atoms with van der Waals surface area (Å²) in [6.07, 6.45) is 5.29. The smallest absolute Gasteiger partial charge is 0.227 e. The number of aliphatic hydroxyl groups excluding tert-OH is 1. The monoisotopic (exact) mass is 440 g/mol. The molecule has 0 saturated heterocycles. The molecule has 31 heavy (non-hydrogen) atoms. The minimum atomic E-state index is -0.262. The topological polar surface area (TPSA) is 89.4 Å². The van der Waals surface area contributed by atoms with Crippen LogP contribution in [0.4, 0.5) is 11.6 Å². The minimum Gasteiger partial charge on any atom is -0.489 e. The number of methoxy groups -OCH3 is 1. The van der Waals surface area contributed by atoms with Crippen molar-refractivity contribution in [2.75, 3.05) is 32.2 Å². The zero-order valence-electron chi connectivity index (χ0n) is 17.6. The summed E-state index contributed by atoms with van der Waals surface area (Å²) in [6.45, 7) is 3.06. The van der Waals surface area contributed by atoms with E-state index in [0.717, 1.165) is 35.4 Å². The molecule has 2 aromatic heterocycles. The Hall–Kier alpha value is -2.74. The van der Waals surface area contributed by atoms with E-state index in [1.807, 2.05) is 12.3 Å². The third kappa shape index (κ3) is 4.63. The Balaban J connectivity index is 1.61. The molecule has 2 N–H and O–H groups in total. The van der Waals surface area contributed by atoms with E-state index in [4.69, 9.17) is 21.1 Å². The van der Waals surface area contributed by atoms with Gasteiger partial charge in [-0.25, -0.2) is 9.97 Å². The molecule has 0 amide bonds. The second-order valence-electron chi connectivity index (χ2n) is 7.81. The van der Waals surface area contributed by atoms with Crippen molar-refractivity contribution < 1.29 is 14.6 Å². The number of rotatable bonds is 8. The van der Waals surface area contributed by atoms with Gasteiger partial charge >= 0.3 is 0 Å². The molecule has 1 aliphatic rings. The van der Waals surface area contributed by atoms with E-state index < -0.39 is 0 Å². The van der Waals surface area contributed by atoms with Crippen molar-refractivity contribution in [2.45, 2.75) is 25.2 Å². The molecule has 1 unspecified atom stereocenters. The summed E-state index contributed by atoms with van der Waals surface area (Å²) in [5.74, 6) is 1.05. The molecule has 2 heterocycles. The molecule has 1 aromatic carbocycles. The van der Waals surface area contributed by atoms with E-state index in [0.29, 0.717) is 35.6 Å². The molecule has 8 heteroatoms. The predicted octanol–water partition coefficient (Wildman–Crippen LogP) is 4.16. The fraction of sp³-hybridized carbons (Fsp3) is 0.348. The van der Waals surface area contributed by atoms with E-state index in [9.17, 15) is 5.11 Å². The summed E-state index contributed by atoms with van der Waals surface area (Å²) in [4.78, 5) is 13.6. The number of aromatic nitrogens is 3. The first kappa shape index (κ1) is 21.5. The largest absolute Gasteiger partial charge is 0.489 e. The molecule has 0 saturated carbocycles. The lowest BCUT2D eigenvalue weighted by Gasteiger charge is -2.22. The number of pyridine rings is 1. The molecule has 1 atom stereocenters. The van der Waals surface area contributed by atoms with E-state index in [-0.39, 0.29) is 12.0 Å². The van der Waals surface area contributed by atoms with Gasteiger partial charge in [0.25, 0.3) is 0 Å². The second kappa shape index (κ2) is 9.18. The van der Waals surface area contributed by atoms with Gasteiger partial charge in [0.05, 0.1) is 24.6 Å². The highest BCUT2D eigenvalue weighted by molar-refractivity contribution is 6.31. The molecule has 162 valence electrons. The first-order valence-corrected chi connectivity index (χ1v) is 10.5. The molecule has 0 bridgehead atoms. The Bertz CT molecular complexity index is 1080. The predicted molar refractivity (Wildman–Crippen MR) is 120 cm³/mol. The standard InChI is InChI=1S/C23H25ClN4O3/c1-23(14-29)7-5-19-17(23)11-15(13-26-19)18-6-8-25-22(27-18)28-20-12-16(24)3-4-21(20)31-10-9-30-2/h3-4,6,8,11-13,29H,5,7,9-10,14H2,1-2H3,(H,25,27,28). The van der Waals surface area contributed by atoms with Crippen molar-refractivity contribution >= 4 is 23.2 Å². The van der Waals surface area contributed by atoms with E-state index in [1.54, 1.807) is 31.5 Å². The second-order valence-corrected chi connectivity index (χ2v) is 8.25. The highest BCUT2D eigenvalue weighted by Gasteiger charge is 2.35. The lowest BCUT2D eigenvalue weighted by molar-refractivity contribution is 0.146. The summed E-state index contributed by atoms with van der Waals surface area (Å²) in [5.41, 5.74) is 4.16. The SMILES string of the molecule is COCCOc1ccc(Cl)cc1Nc1nccc(-c2cnc3c(c2)C(C)(CO)CC3)n1. The number of halogens is 1. The van der Waals surface area contributed by atoms with Gasteiger partial charge in [0.1, 0.15) is 12.4 Å². The molecule has 0 fully saturated rings. The van der Waals surface area contributed by atoms with Crippen LogP contribution < -0.4 is 10.1 Å². The minimum absolute atomic E-state index is 0.0995. The number of aliphatic hydroxyl groups is 1. The first-order chi connectivity index (χ1) is 15.0. The molecule has 4 rings (SSSR count). The number of ether oxygens (including phenoxy) is 2. The number of nitrogens with zero attached hydrogens (tertiary/aromatic N) is 3. The maximum atomic E-state index is 9.87. The van der Waals surface area contributed by atoms with Crippen molar-refractivity contribution in [3.05, 3.63) is 59.0 Å². The van der Waals surface area contributed by atoms with Crippen LogP contribution in [0.25, 0.3) is 11.3 Å². The number of fused-ring (bicyclic) bond motifs is 1. The maximum Gasteiger partial charge on any atom is 0.227 e. The Morgan fingerprint density at radius 1 is 1.19 bits per heavy atom. The molecule has 0 spiro atoms. The van der Waals surface area contributed by atoms with E-state index in [2.05, 4.69) is 33.3 Å². The van der Waals surface area contributed by atoms with Gasteiger partial charge in [-0.15, -0.1) is 0 Å². The van der Waals surface area contributed by atoms with Crippen molar-refractivity contribution in [1.82, 2.24) is 15.0 Å². The number of hydrogen-bond donors (Lipinski definition) is 2. The Morgan fingerprint density at radius 2 is 2.06 bits per heavy atom. The van der Waals surface area contributed by atoms with Crippen LogP contribution in [0.15, 0.2) is 42.7 Å². The van der Waals surface area contributed by atoms with Gasteiger partial charge in [-0.3, -0.25) is 4.98 Å². The lowest BCUT2D eigenvalue weighted by Crippen LogP contribution is -2.23. The molecule has 1 aliphatic carbocycles. The summed E-state index contributed by atoms with van der Waals surface area (Å²) < 4.78 is 10.8. The van der Waals surface area contributed by atoms with Crippen LogP contribution in [0, 0.1) is 0 Å². The molecule has 3 aromatic rings. The fourth-order valence-corrected chi connectivity index (χ4v) is 3.88. The molecular weight excluding hydrogens is 416 g/mol. The molecular formula is C23H25ClN4O3. The van der Waals surface area contributed by atoms with Crippen LogP contribution in [0.5, 0.6) is 5.75 Å². The average Bonchev–Trinajstić information content (AvgIpc) is 3.12. The van der Waals surface area contributed by atoms with Crippen LogP contribution in [0.3, 0.4) is 0 Å². The summed E-state index contributed by atoms with van der Waals surface area (Å²) in [7, 11) is 1.63. The van der Waals surface area contributed by atoms with Crippen LogP contribution in [0.1, 0.15) is 24.6 Å². The van der Waals surface area contributed by atoms with E-state index >= 15 is 0 Å². The third-order valence-electron chi connectivity index (χ3n) is 5.57. The first-order valence-electron chi connectivity index (χ1n) is 10.1. The number of benzene rings is 1. The summed E-state index contributed by atoms with van der Waals surface area (Å²) >= 11 is 6.18. The number of anilines is 2. The van der Waals surface area contributed by atoms with Gasteiger partial charge < -0.3 is 19.9 Å². The lowest BCUT2D eigenvalue weighted by atomic mass is 9.85. The van der Waals surface area contributed by atoms with Gasteiger partial charge in [-0.2, -0.15) is 0 Å². The number of hydrogen-bond acceptors (Lipinski definition) is 7. The van der Waals surface area contributed by atoms with Crippen LogP contribution in [-0.2, 0) is 16.6 Å². The average molecular weight is 441 g/mol. The van der Waals surface area contributed by atoms with Gasteiger partial charge in [-0.1, -0.05) is 18.5 Å². The van der Waals surface area contributed by atoms with Gasteiger partial charge in [-0.05, 0) is 48.7 Å². The Morgan fingerprint density at radius 3 is 2.87 bits per heavy atom. The van der Waals surface area contributed by atoms with Crippen molar-refractivity contribution in [3.8, 4) is 17.0 Å². The normalized spacial score (nSPS) is 17.4. The zero-order valence-corrected chi connectivity index (χ0v) is 18.3. The maximum absolute atomic E-state index is 9.87. The van der Waals surface area contributed by atoms with Crippen LogP contribution in [-0.4, -0.2) is 47.0 Å². The highest BCUT2D eigenvalue weighted by Crippen LogP contribution is 2.39. The fourth-order valence-electron chi connectivity index (χ4n) is 3.71. The van der Waals surface area contributed by atoms with Crippen molar-refractivity contribution in [1.29, 1.82) is 0 Å². The summed E-state index contributed by atoms with van der Waals surface area (Å²) in [6, 6.07) is 9.25.